The van der Waals surface area contributed by atoms with Crippen LogP contribution >= 0.6 is 11.3 Å². The Labute approximate surface area is 581 Å². The van der Waals surface area contributed by atoms with E-state index in [2.05, 4.69) is 57.3 Å². The smallest absolute Gasteiger partial charge is 0.355 e. The summed E-state index contributed by atoms with van der Waals surface area (Å²) in [5.74, 6) is -2.06. The molecule has 99 heavy (non-hydrogen) atoms. The first-order valence-corrected chi connectivity index (χ1v) is 35.2. The lowest BCUT2D eigenvalue weighted by molar-refractivity contribution is -0.923. The van der Waals surface area contributed by atoms with E-state index in [9.17, 15) is 38.7 Å². The van der Waals surface area contributed by atoms with Crippen molar-refractivity contribution in [2.75, 3.05) is 88.8 Å². The highest BCUT2D eigenvalue weighted by Gasteiger charge is 2.66. The van der Waals surface area contributed by atoms with Gasteiger partial charge in [-0.1, -0.05) is 63.3 Å². The Morgan fingerprint density at radius 3 is 2.28 bits per heavy atom. The molecule has 4 bridgehead atoms. The number of carbonyl (C=O) groups is 7. The summed E-state index contributed by atoms with van der Waals surface area (Å²) in [6, 6.07) is 16.7. The Morgan fingerprint density at radius 2 is 1.58 bits per heavy atom. The van der Waals surface area contributed by atoms with Crippen LogP contribution in [0.2, 0.25) is 0 Å². The van der Waals surface area contributed by atoms with Gasteiger partial charge in [0.25, 0.3) is 11.8 Å². The molecule has 6 aliphatic rings. The number of hydrogen-bond donors (Lipinski definition) is 7. The molecule has 4 fully saturated rings. The number of nitrogens with one attached hydrogen (secondary N) is 5. The predicted octanol–water partition coefficient (Wildman–Crippen LogP) is 8.65. The number of imide groups is 1. The van der Waals surface area contributed by atoms with Crippen LogP contribution in [0, 0.1) is 36.0 Å². The van der Waals surface area contributed by atoms with Gasteiger partial charge in [-0.2, -0.15) is 5.10 Å². The first kappa shape index (κ1) is 71.5. The van der Waals surface area contributed by atoms with Gasteiger partial charge in [-0.05, 0) is 137 Å². The van der Waals surface area contributed by atoms with Crippen molar-refractivity contribution in [2.24, 2.45) is 27.9 Å². The molecular formula is C72H94N15O11S+. The van der Waals surface area contributed by atoms with Crippen molar-refractivity contribution in [3.8, 4) is 11.1 Å². The second kappa shape index (κ2) is 30.0. The number of anilines is 5. The minimum Gasteiger partial charge on any atom is -0.476 e. The van der Waals surface area contributed by atoms with E-state index in [0.29, 0.717) is 72.5 Å². The summed E-state index contributed by atoms with van der Waals surface area (Å²) in [6.45, 7) is 17.4. The maximum Gasteiger partial charge on any atom is 0.355 e. The Balaban J connectivity index is 0.723. The number of nitrogens with two attached hydrogens (primary N) is 1. The SMILES string of the molecule is COCCC[N+](C)(CCOC12CC3(Cn4ncc(-c5ccc(N6CCCc7c6nnc(Nc6nc8ccccc8s6)c7C)nc5C(=O)O)c4C)C[C@@](C)(C1)C[C@](C)(C3)C2)Cc1ccc(NC(=O)[C@H](CCCNC(N)=O)NC(=O)[C@@H](NC(=O)CCOCCN2C(=O)C=CC2=O)C(C)C)cc1. The Hall–Kier alpha value is -8.76. The number of hydrogen-bond acceptors (Lipinski definition) is 18. The zero-order valence-electron chi connectivity index (χ0n) is 58.0. The number of pyridine rings is 1. The number of aromatic carboxylic acids is 1. The summed E-state index contributed by atoms with van der Waals surface area (Å²) < 4.78 is 22.3. The number of ether oxygens (including phenoxy) is 3. The van der Waals surface area contributed by atoms with Gasteiger partial charge in [0.1, 0.15) is 31.0 Å². The van der Waals surface area contributed by atoms with Gasteiger partial charge in [-0.3, -0.25) is 33.6 Å². The summed E-state index contributed by atoms with van der Waals surface area (Å²) in [6.07, 6.45) is 13.1. The van der Waals surface area contributed by atoms with Crippen LogP contribution in [0.4, 0.5) is 33.1 Å². The van der Waals surface area contributed by atoms with Crippen molar-refractivity contribution in [3.63, 3.8) is 0 Å². The number of benzene rings is 2. The van der Waals surface area contributed by atoms with Crippen LogP contribution in [-0.4, -0.2) is 177 Å². The van der Waals surface area contributed by atoms with E-state index in [1.807, 2.05) is 79.4 Å². The van der Waals surface area contributed by atoms with Gasteiger partial charge in [0.05, 0.1) is 68.6 Å². The number of aromatic nitrogens is 6. The molecule has 528 valence electrons. The topological polar surface area (TPSA) is 329 Å². The monoisotopic (exact) mass is 1380 g/mol. The fourth-order valence-electron chi connectivity index (χ4n) is 16.9. The molecule has 27 heteroatoms. The van der Waals surface area contributed by atoms with Gasteiger partial charge in [0, 0.05) is 90.9 Å². The standard InChI is InChI=1S/C72H93N15O11S/c1-45(2)60(80-57(88)26-33-97-34-29-85-58(89)24-25-59(85)90)65(92)77-54(16-11-27-74-67(73)95)64(91)76-49-20-18-48(19-21-49)37-87(7,30-13-32-96-8)31-35-98-72-41-69(5)38-70(6,42-72)40-71(39-69,43-72)44-86-47(4)52(36-75-86)51-22-23-56(79-61(51)66(93)94)84-28-12-14-50-46(3)62(82-83-63(50)84)81-68-78-53-15-9-10-17-55(53)99-68/h9-10,15,17-25,36,45,54,60H,11-14,16,26-35,37-44H2,1-8H3,(H7-,73,74,76,77,78,80,81,82,88,91,92,93,94,95)/p+1/t54-,60-,69-,70+,71?,72?,87?/m0/s1. The molecule has 12 rings (SSSR count). The number of nitrogens with zero attached hydrogens (tertiary/aromatic N) is 9. The minimum absolute atomic E-state index is 0.0147. The Kier molecular flexibility index (Phi) is 21.7. The highest BCUT2D eigenvalue weighted by atomic mass is 32.1. The van der Waals surface area contributed by atoms with Crippen LogP contribution in [0.1, 0.15) is 131 Å². The number of fused-ring (bicyclic) bond motifs is 2. The van der Waals surface area contributed by atoms with Crippen LogP contribution in [-0.2, 0) is 57.7 Å². The van der Waals surface area contributed by atoms with Crippen LogP contribution in [0.3, 0.4) is 0 Å². The van der Waals surface area contributed by atoms with Gasteiger partial charge in [-0.15, -0.1) is 10.2 Å². The van der Waals surface area contributed by atoms with Gasteiger partial charge in [-0.25, -0.2) is 19.6 Å². The largest absolute Gasteiger partial charge is 0.476 e. The molecule has 6 aromatic rings. The molecule has 26 nitrogen and oxygen atoms in total. The van der Waals surface area contributed by atoms with E-state index in [1.165, 1.54) is 12.2 Å². The number of methoxy groups -OCH3 is 1. The summed E-state index contributed by atoms with van der Waals surface area (Å²) in [5.41, 5.74) is 11.5. The summed E-state index contributed by atoms with van der Waals surface area (Å²) in [5, 5.41) is 40.4. The van der Waals surface area contributed by atoms with E-state index in [4.69, 9.17) is 40.1 Å². The molecule has 7 atom stereocenters. The van der Waals surface area contributed by atoms with Crippen molar-refractivity contribution < 1.29 is 57.4 Å². The highest BCUT2D eigenvalue weighted by molar-refractivity contribution is 7.22. The molecule has 2 aliphatic heterocycles. The van der Waals surface area contributed by atoms with E-state index < -0.39 is 53.6 Å². The normalized spacial score (nSPS) is 21.9. The van der Waals surface area contributed by atoms with Gasteiger partial charge in [0.2, 0.25) is 17.7 Å². The molecule has 4 aromatic heterocycles. The number of amides is 7. The Bertz CT molecular complexity index is 3970. The number of primary amides is 1. The maximum atomic E-state index is 14.1. The molecule has 6 heterocycles. The molecule has 8 N–H and O–H groups in total. The number of likely N-dealkylation sites (N-methyl/N-ethyl adjacent to an activating group) is 1. The van der Waals surface area contributed by atoms with Crippen molar-refractivity contribution in [1.82, 2.24) is 50.8 Å². The first-order chi connectivity index (χ1) is 47.3. The zero-order valence-corrected chi connectivity index (χ0v) is 58.9. The lowest BCUT2D eigenvalue weighted by Crippen LogP contribution is -2.64. The molecule has 0 spiro atoms. The second-order valence-electron chi connectivity index (χ2n) is 29.3. The first-order valence-electron chi connectivity index (χ1n) is 34.4. The lowest BCUT2D eigenvalue weighted by Gasteiger charge is -2.69. The van der Waals surface area contributed by atoms with Crippen LogP contribution in [0.5, 0.6) is 0 Å². The van der Waals surface area contributed by atoms with Crippen LogP contribution in [0.15, 0.2) is 79.0 Å². The third-order valence-corrected chi connectivity index (χ3v) is 21.3. The molecule has 0 radical (unpaired) electrons. The summed E-state index contributed by atoms with van der Waals surface area (Å²) in [4.78, 5) is 102. The number of para-hydroxylation sites is 1. The number of rotatable bonds is 33. The number of urea groups is 1. The van der Waals surface area contributed by atoms with Gasteiger partial charge >= 0.3 is 12.0 Å². The van der Waals surface area contributed by atoms with Gasteiger partial charge < -0.3 is 61.0 Å². The number of carbonyl (C=O) groups excluding carboxylic acids is 6. The van der Waals surface area contributed by atoms with Crippen molar-refractivity contribution >= 4 is 91.4 Å². The lowest BCUT2D eigenvalue weighted by atomic mass is 9.39. The molecule has 2 aromatic carbocycles. The predicted molar refractivity (Wildman–Crippen MR) is 375 cm³/mol. The average Bonchev–Trinajstić information content (AvgIpc) is 0.850. The fraction of sp³-hybridized carbons (Fsp3) is 0.528. The summed E-state index contributed by atoms with van der Waals surface area (Å²) in [7, 11) is 3.97. The summed E-state index contributed by atoms with van der Waals surface area (Å²) >= 11 is 1.56. The third-order valence-electron chi connectivity index (χ3n) is 20.4. The minimum atomic E-state index is -1.13. The average molecular weight is 1380 g/mol. The maximum absolute atomic E-state index is 14.1. The third kappa shape index (κ3) is 16.8. The van der Waals surface area contributed by atoms with E-state index in [1.54, 1.807) is 38.5 Å². The van der Waals surface area contributed by atoms with Crippen molar-refractivity contribution in [2.45, 2.75) is 149 Å². The van der Waals surface area contributed by atoms with E-state index >= 15 is 0 Å². The van der Waals surface area contributed by atoms with Crippen molar-refractivity contribution in [1.29, 1.82) is 0 Å². The molecule has 4 aliphatic carbocycles. The quantitative estimate of drug-likeness (QED) is 0.0115. The number of quaternary nitrogens is 1. The number of carboxylic acid groups (broad SMARTS) is 1. The van der Waals surface area contributed by atoms with Crippen LogP contribution < -0.4 is 37.2 Å². The Morgan fingerprint density at radius 1 is 0.828 bits per heavy atom. The van der Waals surface area contributed by atoms with Crippen molar-refractivity contribution in [3.05, 3.63) is 107 Å². The molecule has 7 amide bonds. The molecular weight excluding hydrogens is 1280 g/mol. The van der Waals surface area contributed by atoms with E-state index in [-0.39, 0.29) is 72.6 Å². The second-order valence-corrected chi connectivity index (χ2v) is 30.3. The van der Waals surface area contributed by atoms with Gasteiger partial charge in [0.15, 0.2) is 22.5 Å². The molecule has 3 unspecified atom stereocenters. The fourth-order valence-corrected chi connectivity index (χ4v) is 17.7. The zero-order chi connectivity index (χ0) is 70.4. The molecule has 0 saturated heterocycles. The van der Waals surface area contributed by atoms with Crippen LogP contribution in [0.25, 0.3) is 21.3 Å². The number of thiazole rings is 1. The number of carboxylic acids is 1. The highest BCUT2D eigenvalue weighted by Crippen LogP contribution is 2.72. The molecule has 4 saturated carbocycles. The van der Waals surface area contributed by atoms with E-state index in [0.717, 1.165) is 119 Å².